The fourth-order valence-corrected chi connectivity index (χ4v) is 2.33. The van der Waals surface area contributed by atoms with E-state index in [0.717, 1.165) is 16.8 Å². The molecule has 1 heterocycles. The highest BCUT2D eigenvalue weighted by atomic mass is 32.2. The number of aromatic hydroxyl groups is 2. The average molecular weight is 236 g/mol. The number of pyridine rings is 1. The Morgan fingerprint density at radius 3 is 2.69 bits per heavy atom. The van der Waals surface area contributed by atoms with Gasteiger partial charge in [-0.25, -0.2) is 4.57 Å². The van der Waals surface area contributed by atoms with Gasteiger partial charge in [0.25, 0.3) is 0 Å². The Morgan fingerprint density at radius 1 is 1.31 bits per heavy atom. The van der Waals surface area contributed by atoms with Crippen molar-refractivity contribution in [1.82, 2.24) is 0 Å². The summed E-state index contributed by atoms with van der Waals surface area (Å²) < 4.78 is 2.04. The van der Waals surface area contributed by atoms with E-state index in [1.165, 1.54) is 0 Å². The molecule has 0 aliphatic rings. The van der Waals surface area contributed by atoms with Gasteiger partial charge in [-0.05, 0) is 19.2 Å². The second kappa shape index (κ2) is 4.22. The number of hydrogen-bond donors (Lipinski definition) is 2. The molecule has 0 bridgehead atoms. The van der Waals surface area contributed by atoms with Crippen LogP contribution in [0, 0.1) is 0 Å². The Bertz CT molecular complexity index is 540. The van der Waals surface area contributed by atoms with Crippen LogP contribution in [-0.2, 0) is 6.54 Å². The van der Waals surface area contributed by atoms with Crippen LogP contribution in [0.1, 0.15) is 6.92 Å². The Morgan fingerprint density at radius 2 is 2.06 bits per heavy atom. The molecule has 0 atom stereocenters. The second-order valence-corrected chi connectivity index (χ2v) is 4.40. The van der Waals surface area contributed by atoms with Gasteiger partial charge >= 0.3 is 0 Å². The molecule has 0 fully saturated rings. The van der Waals surface area contributed by atoms with Gasteiger partial charge in [-0.15, -0.1) is 11.8 Å². The van der Waals surface area contributed by atoms with Gasteiger partial charge in [0.05, 0.1) is 5.39 Å². The van der Waals surface area contributed by atoms with E-state index in [9.17, 15) is 10.2 Å². The van der Waals surface area contributed by atoms with Crippen LogP contribution in [0.15, 0.2) is 29.4 Å². The van der Waals surface area contributed by atoms with Gasteiger partial charge in [-0.3, -0.25) is 0 Å². The highest BCUT2D eigenvalue weighted by Crippen LogP contribution is 2.38. The Labute approximate surface area is 98.3 Å². The first-order chi connectivity index (χ1) is 7.67. The number of phenols is 2. The van der Waals surface area contributed by atoms with Crippen LogP contribution in [0.4, 0.5) is 0 Å². The molecule has 0 spiro atoms. The maximum atomic E-state index is 9.77. The number of benzene rings is 1. The lowest BCUT2D eigenvalue weighted by molar-refractivity contribution is -0.692. The summed E-state index contributed by atoms with van der Waals surface area (Å²) in [5, 5.41) is 21.0. The van der Waals surface area contributed by atoms with E-state index in [1.54, 1.807) is 17.8 Å². The highest BCUT2D eigenvalue weighted by Gasteiger charge is 2.13. The third-order valence-electron chi connectivity index (χ3n) is 2.63. The number of fused-ring (bicyclic) bond motifs is 1. The van der Waals surface area contributed by atoms with Crippen LogP contribution < -0.4 is 4.57 Å². The van der Waals surface area contributed by atoms with E-state index in [4.69, 9.17) is 0 Å². The van der Waals surface area contributed by atoms with Crippen molar-refractivity contribution < 1.29 is 14.8 Å². The predicted octanol–water partition coefficient (Wildman–Crippen LogP) is 2.28. The number of nitrogens with zero attached hydrogens (tertiary/aromatic N) is 1. The summed E-state index contributed by atoms with van der Waals surface area (Å²) in [6.07, 6.45) is 5.83. The quantitative estimate of drug-likeness (QED) is 0.477. The van der Waals surface area contributed by atoms with Crippen molar-refractivity contribution in [2.24, 2.45) is 0 Å². The van der Waals surface area contributed by atoms with Crippen molar-refractivity contribution in [3.8, 4) is 11.5 Å². The molecule has 84 valence electrons. The monoisotopic (exact) mass is 236 g/mol. The predicted molar refractivity (Wildman–Crippen MR) is 64.9 cm³/mol. The molecule has 2 N–H and O–H groups in total. The zero-order valence-electron chi connectivity index (χ0n) is 9.27. The zero-order chi connectivity index (χ0) is 11.7. The van der Waals surface area contributed by atoms with Gasteiger partial charge < -0.3 is 10.2 Å². The van der Waals surface area contributed by atoms with Crippen molar-refractivity contribution in [3.05, 3.63) is 24.5 Å². The first-order valence-electron chi connectivity index (χ1n) is 5.09. The molecule has 0 unspecified atom stereocenters. The van der Waals surface area contributed by atoms with Crippen LogP contribution in [0.5, 0.6) is 11.5 Å². The molecule has 3 nitrogen and oxygen atoms in total. The highest BCUT2D eigenvalue weighted by molar-refractivity contribution is 7.98. The lowest BCUT2D eigenvalue weighted by Gasteiger charge is -2.06. The molecule has 1 aromatic carbocycles. The normalized spacial score (nSPS) is 10.9. The maximum Gasteiger partial charge on any atom is 0.177 e. The molecule has 16 heavy (non-hydrogen) atoms. The number of aromatic nitrogens is 1. The zero-order valence-corrected chi connectivity index (χ0v) is 10.1. The molecule has 0 aliphatic carbocycles. The van der Waals surface area contributed by atoms with E-state index in [-0.39, 0.29) is 11.5 Å². The molecule has 0 aliphatic heterocycles. The van der Waals surface area contributed by atoms with E-state index >= 15 is 0 Å². The number of hydrogen-bond acceptors (Lipinski definition) is 3. The smallest absolute Gasteiger partial charge is 0.177 e. The second-order valence-electron chi connectivity index (χ2n) is 3.55. The molecule has 2 aromatic rings. The van der Waals surface area contributed by atoms with Crippen molar-refractivity contribution >= 4 is 22.5 Å². The third-order valence-corrected chi connectivity index (χ3v) is 3.41. The number of rotatable bonds is 2. The van der Waals surface area contributed by atoms with E-state index < -0.39 is 0 Å². The fraction of sp³-hybridized carbons (Fsp3) is 0.250. The van der Waals surface area contributed by atoms with Gasteiger partial charge in [0.1, 0.15) is 6.54 Å². The number of aryl methyl sites for hydroxylation is 1. The van der Waals surface area contributed by atoms with Crippen LogP contribution in [0.2, 0.25) is 0 Å². The molecule has 0 amide bonds. The van der Waals surface area contributed by atoms with Crippen molar-refractivity contribution in [2.75, 3.05) is 6.26 Å². The third kappa shape index (κ3) is 1.69. The lowest BCUT2D eigenvalue weighted by Crippen LogP contribution is -2.30. The van der Waals surface area contributed by atoms with Crippen LogP contribution in [0.25, 0.3) is 10.8 Å². The van der Waals surface area contributed by atoms with Gasteiger partial charge in [0.15, 0.2) is 23.9 Å². The van der Waals surface area contributed by atoms with Crippen LogP contribution >= 0.6 is 11.8 Å². The standard InChI is InChI=1S/C12H13NO2S/c1-3-13-5-4-8-9(7-13)11(16-2)6-10(14)12(8)15/h4-7,15H,3H2,1-2H3/p+1. The summed E-state index contributed by atoms with van der Waals surface area (Å²) in [6, 6.07) is 3.43. The minimum absolute atomic E-state index is 0.0453. The lowest BCUT2D eigenvalue weighted by atomic mass is 10.1. The first-order valence-corrected chi connectivity index (χ1v) is 6.31. The minimum Gasteiger partial charge on any atom is -0.504 e. The van der Waals surface area contributed by atoms with Gasteiger partial charge in [0.2, 0.25) is 0 Å². The summed E-state index contributed by atoms with van der Waals surface area (Å²) in [6.45, 7) is 2.94. The summed E-state index contributed by atoms with van der Waals surface area (Å²) in [4.78, 5) is 0.966. The molecular formula is C12H14NO2S+. The average Bonchev–Trinajstić information content (AvgIpc) is 2.33. The largest absolute Gasteiger partial charge is 0.504 e. The van der Waals surface area contributed by atoms with Crippen molar-refractivity contribution in [2.45, 2.75) is 18.4 Å². The summed E-state index contributed by atoms with van der Waals surface area (Å²) in [5.74, 6) is -0.109. The maximum absolute atomic E-state index is 9.77. The molecule has 0 saturated carbocycles. The Balaban J connectivity index is 2.82. The Hall–Kier alpha value is -1.42. The minimum atomic E-state index is -0.0638. The Kier molecular flexibility index (Phi) is 2.92. The summed E-state index contributed by atoms with van der Waals surface area (Å²) in [7, 11) is 0. The van der Waals surface area contributed by atoms with Crippen molar-refractivity contribution in [3.63, 3.8) is 0 Å². The van der Waals surface area contributed by atoms with Crippen LogP contribution in [-0.4, -0.2) is 16.5 Å². The van der Waals surface area contributed by atoms with Gasteiger partial charge in [-0.1, -0.05) is 0 Å². The molecule has 4 heteroatoms. The molecular weight excluding hydrogens is 222 g/mol. The van der Waals surface area contributed by atoms with E-state index in [2.05, 4.69) is 6.92 Å². The topological polar surface area (TPSA) is 44.3 Å². The van der Waals surface area contributed by atoms with Gasteiger partial charge in [0, 0.05) is 16.3 Å². The summed E-state index contributed by atoms with van der Waals surface area (Å²) >= 11 is 1.56. The van der Waals surface area contributed by atoms with Gasteiger partial charge in [-0.2, -0.15) is 0 Å². The van der Waals surface area contributed by atoms with Crippen molar-refractivity contribution in [1.29, 1.82) is 0 Å². The van der Waals surface area contributed by atoms with E-state index in [1.807, 2.05) is 29.3 Å². The number of phenolic OH excluding ortho intramolecular Hbond substituents is 2. The SMILES string of the molecule is CC[n+]1ccc2c(O)c(O)cc(SC)c2c1. The molecule has 0 saturated heterocycles. The fourth-order valence-electron chi connectivity index (χ4n) is 1.72. The summed E-state index contributed by atoms with van der Waals surface area (Å²) in [5.41, 5.74) is 0. The molecule has 2 rings (SSSR count). The number of thioether (sulfide) groups is 1. The van der Waals surface area contributed by atoms with E-state index in [0.29, 0.717) is 5.39 Å². The first kappa shape index (κ1) is 11.1. The molecule has 1 aromatic heterocycles. The van der Waals surface area contributed by atoms with Crippen LogP contribution in [0.3, 0.4) is 0 Å². The molecule has 0 radical (unpaired) electrons.